The van der Waals surface area contributed by atoms with Crippen molar-refractivity contribution in [2.24, 2.45) is 0 Å². The van der Waals surface area contributed by atoms with Crippen LogP contribution in [0.2, 0.25) is 0 Å². The van der Waals surface area contributed by atoms with Gasteiger partial charge in [-0.15, -0.1) is 11.3 Å². The number of thiophene rings is 1. The molecule has 10 aromatic rings. The summed E-state index contributed by atoms with van der Waals surface area (Å²) in [4.78, 5) is 15.7. The summed E-state index contributed by atoms with van der Waals surface area (Å²) in [5.74, 6) is 1.99. The lowest BCUT2D eigenvalue weighted by Crippen LogP contribution is -2.14. The van der Waals surface area contributed by atoms with Crippen LogP contribution in [0.4, 0.5) is 0 Å². The molecule has 3 aromatic heterocycles. The van der Waals surface area contributed by atoms with E-state index in [9.17, 15) is 0 Å². The molecule has 1 aliphatic carbocycles. The normalized spacial score (nSPS) is 13.2. The number of rotatable bonds is 4. The van der Waals surface area contributed by atoms with E-state index in [1.54, 1.807) is 11.3 Å². The third-order valence-corrected chi connectivity index (χ3v) is 12.3. The van der Waals surface area contributed by atoms with Crippen molar-refractivity contribution in [2.45, 2.75) is 19.3 Å². The Kier molecular flexibility index (Phi) is 6.43. The van der Waals surface area contributed by atoms with E-state index in [-0.39, 0.29) is 5.41 Å². The van der Waals surface area contributed by atoms with Gasteiger partial charge in [-0.1, -0.05) is 141 Å². The van der Waals surface area contributed by atoms with E-state index in [0.717, 1.165) is 38.5 Å². The second-order valence-corrected chi connectivity index (χ2v) is 15.4. The summed E-state index contributed by atoms with van der Waals surface area (Å²) < 4.78 is 4.88. The molecular weight excluding hydrogens is 665 g/mol. The summed E-state index contributed by atoms with van der Waals surface area (Å²) in [5, 5.41) is 4.76. The van der Waals surface area contributed by atoms with Gasteiger partial charge in [-0.2, -0.15) is 0 Å². The number of hydrogen-bond acceptors (Lipinski definition) is 4. The highest BCUT2D eigenvalue weighted by molar-refractivity contribution is 7.26. The van der Waals surface area contributed by atoms with Gasteiger partial charge in [0.05, 0.1) is 16.7 Å². The lowest BCUT2D eigenvalue weighted by molar-refractivity contribution is 0.660. The highest BCUT2D eigenvalue weighted by Crippen LogP contribution is 2.52. The zero-order valence-electron chi connectivity index (χ0n) is 29.2. The Bertz CT molecular complexity index is 3100. The van der Waals surface area contributed by atoms with Crippen LogP contribution in [0.15, 0.2) is 158 Å². The molecule has 0 saturated heterocycles. The molecule has 0 atom stereocenters. The molecule has 7 aromatic carbocycles. The van der Waals surface area contributed by atoms with Gasteiger partial charge in [0.15, 0.2) is 17.5 Å². The molecule has 0 aliphatic heterocycles. The van der Waals surface area contributed by atoms with Crippen molar-refractivity contribution < 1.29 is 0 Å². The molecule has 4 nitrogen and oxygen atoms in total. The van der Waals surface area contributed by atoms with Crippen molar-refractivity contribution in [3.05, 3.63) is 169 Å². The standard InChI is InChI=1S/C48H32N4S/c1-48(2)36-23-9-6-18-32(36)43-37(48)24-14-27-40(43)52-38-25-10-7-19-33(38)42-34(21-13-26-39(42)52)46-49-45(29-15-4-3-5-16-29)50-47(51-46)35-22-12-20-31-30-17-8-11-28-41(30)53-44(31)35/h3-28H,1-2H3. The topological polar surface area (TPSA) is 43.6 Å². The number of fused-ring (bicyclic) bond motifs is 9. The van der Waals surface area contributed by atoms with Crippen molar-refractivity contribution >= 4 is 53.3 Å². The Labute approximate surface area is 310 Å². The molecule has 11 rings (SSSR count). The average molecular weight is 697 g/mol. The first-order valence-corrected chi connectivity index (χ1v) is 18.9. The summed E-state index contributed by atoms with van der Waals surface area (Å²) in [5.41, 5.74) is 11.6. The first-order valence-electron chi connectivity index (χ1n) is 18.0. The Morgan fingerprint density at radius 3 is 1.96 bits per heavy atom. The molecular formula is C48H32N4S. The molecule has 0 fully saturated rings. The third kappa shape index (κ3) is 4.38. The van der Waals surface area contributed by atoms with Crippen LogP contribution in [0.5, 0.6) is 0 Å². The van der Waals surface area contributed by atoms with Gasteiger partial charge < -0.3 is 4.57 Å². The first kappa shape index (κ1) is 30.2. The molecule has 250 valence electrons. The van der Waals surface area contributed by atoms with Gasteiger partial charge in [-0.25, -0.2) is 15.0 Å². The van der Waals surface area contributed by atoms with Crippen molar-refractivity contribution in [3.8, 4) is 51.0 Å². The van der Waals surface area contributed by atoms with Gasteiger partial charge in [0, 0.05) is 58.6 Å². The van der Waals surface area contributed by atoms with Crippen LogP contribution >= 0.6 is 11.3 Å². The quantitative estimate of drug-likeness (QED) is 0.184. The van der Waals surface area contributed by atoms with Crippen LogP contribution < -0.4 is 0 Å². The van der Waals surface area contributed by atoms with Gasteiger partial charge in [-0.05, 0) is 47.0 Å². The number of nitrogens with zero attached hydrogens (tertiary/aromatic N) is 4. The molecule has 0 bridgehead atoms. The zero-order chi connectivity index (χ0) is 35.3. The van der Waals surface area contributed by atoms with Crippen LogP contribution in [0.1, 0.15) is 25.0 Å². The Morgan fingerprint density at radius 1 is 0.472 bits per heavy atom. The molecule has 0 amide bonds. The number of hydrogen-bond donors (Lipinski definition) is 0. The van der Waals surface area contributed by atoms with Crippen molar-refractivity contribution in [1.82, 2.24) is 19.5 Å². The number of para-hydroxylation sites is 1. The van der Waals surface area contributed by atoms with Crippen LogP contribution in [-0.4, -0.2) is 19.5 Å². The summed E-state index contributed by atoms with van der Waals surface area (Å²) in [6, 6.07) is 56.3. The fourth-order valence-electron chi connectivity index (χ4n) is 8.64. The van der Waals surface area contributed by atoms with Crippen LogP contribution in [0.3, 0.4) is 0 Å². The van der Waals surface area contributed by atoms with E-state index in [1.165, 1.54) is 48.1 Å². The molecule has 0 spiro atoms. The Morgan fingerprint density at radius 2 is 1.08 bits per heavy atom. The Hall–Kier alpha value is -6.43. The average Bonchev–Trinajstić information content (AvgIpc) is 3.84. The minimum absolute atomic E-state index is 0.0990. The van der Waals surface area contributed by atoms with Crippen molar-refractivity contribution in [1.29, 1.82) is 0 Å². The van der Waals surface area contributed by atoms with Crippen LogP contribution in [0, 0.1) is 0 Å². The monoisotopic (exact) mass is 696 g/mol. The molecule has 53 heavy (non-hydrogen) atoms. The second kappa shape index (κ2) is 11.3. The predicted molar refractivity (Wildman–Crippen MR) is 221 cm³/mol. The predicted octanol–water partition coefficient (Wildman–Crippen LogP) is 12.6. The molecule has 0 N–H and O–H groups in total. The number of benzene rings is 7. The molecule has 0 saturated carbocycles. The highest BCUT2D eigenvalue weighted by atomic mass is 32.1. The number of aromatic nitrogens is 4. The minimum Gasteiger partial charge on any atom is -0.309 e. The summed E-state index contributed by atoms with van der Waals surface area (Å²) in [6.07, 6.45) is 0. The molecule has 3 heterocycles. The summed E-state index contributed by atoms with van der Waals surface area (Å²) in [6.45, 7) is 4.68. The van der Waals surface area contributed by atoms with Crippen molar-refractivity contribution in [2.75, 3.05) is 0 Å². The minimum atomic E-state index is -0.0990. The smallest absolute Gasteiger partial charge is 0.165 e. The zero-order valence-corrected chi connectivity index (χ0v) is 30.0. The summed E-state index contributed by atoms with van der Waals surface area (Å²) in [7, 11) is 0. The van der Waals surface area contributed by atoms with Gasteiger partial charge in [0.2, 0.25) is 0 Å². The van der Waals surface area contributed by atoms with Gasteiger partial charge in [-0.3, -0.25) is 0 Å². The van der Waals surface area contributed by atoms with E-state index >= 15 is 0 Å². The lowest BCUT2D eigenvalue weighted by atomic mass is 9.82. The highest BCUT2D eigenvalue weighted by Gasteiger charge is 2.37. The van der Waals surface area contributed by atoms with E-state index in [0.29, 0.717) is 17.5 Å². The largest absolute Gasteiger partial charge is 0.309 e. The fourth-order valence-corrected chi connectivity index (χ4v) is 9.85. The SMILES string of the molecule is CC1(C)c2ccccc2-c2c(-n3c4ccccc4c4c(-c5nc(-c6ccccc6)nc(-c6cccc7c6sc6ccccc67)n5)cccc43)cccc21. The van der Waals surface area contributed by atoms with Crippen molar-refractivity contribution in [3.63, 3.8) is 0 Å². The van der Waals surface area contributed by atoms with Crippen LogP contribution in [0.25, 0.3) is 93.0 Å². The van der Waals surface area contributed by atoms with E-state index < -0.39 is 0 Å². The fraction of sp³-hybridized carbons (Fsp3) is 0.0625. The van der Waals surface area contributed by atoms with Crippen LogP contribution in [-0.2, 0) is 5.41 Å². The van der Waals surface area contributed by atoms with E-state index in [4.69, 9.17) is 15.0 Å². The molecule has 1 aliphatic rings. The van der Waals surface area contributed by atoms with E-state index in [1.807, 2.05) is 18.2 Å². The van der Waals surface area contributed by atoms with Gasteiger partial charge in [0.25, 0.3) is 0 Å². The van der Waals surface area contributed by atoms with E-state index in [2.05, 4.69) is 158 Å². The van der Waals surface area contributed by atoms with Gasteiger partial charge >= 0.3 is 0 Å². The maximum Gasteiger partial charge on any atom is 0.165 e. The second-order valence-electron chi connectivity index (χ2n) is 14.4. The van der Waals surface area contributed by atoms with Gasteiger partial charge in [0.1, 0.15) is 0 Å². The maximum absolute atomic E-state index is 5.34. The Balaban J connectivity index is 1.20. The molecule has 0 unspecified atom stereocenters. The molecule has 0 radical (unpaired) electrons. The summed E-state index contributed by atoms with van der Waals surface area (Å²) >= 11 is 1.79. The lowest BCUT2D eigenvalue weighted by Gasteiger charge is -2.21. The first-order chi connectivity index (χ1) is 26.1. The maximum atomic E-state index is 5.34. The molecule has 5 heteroatoms. The third-order valence-electron chi connectivity index (χ3n) is 11.1.